The molecular formula is C26H40N8O6. The number of aromatic nitrogens is 1. The first-order valence-electron chi connectivity index (χ1n) is 13.1. The molecule has 40 heavy (non-hydrogen) atoms. The molecule has 2 rings (SSSR count). The lowest BCUT2D eigenvalue weighted by Crippen LogP contribution is -2.59. The minimum Gasteiger partial charge on any atom is -0.480 e. The van der Waals surface area contributed by atoms with Crippen LogP contribution in [0.5, 0.6) is 0 Å². The first-order valence-corrected chi connectivity index (χ1v) is 13.1. The number of nitrogens with one attached hydrogen (secondary N) is 4. The molecule has 0 bridgehead atoms. The van der Waals surface area contributed by atoms with Crippen molar-refractivity contribution in [3.63, 3.8) is 0 Å². The van der Waals surface area contributed by atoms with Crippen LogP contribution in [-0.4, -0.2) is 82.2 Å². The first kappa shape index (κ1) is 32.0. The molecule has 0 spiro atoms. The van der Waals surface area contributed by atoms with E-state index in [-0.39, 0.29) is 31.3 Å². The Morgan fingerprint density at radius 2 is 1.70 bits per heavy atom. The molecule has 0 fully saturated rings. The van der Waals surface area contributed by atoms with Gasteiger partial charge in [-0.05, 0) is 30.4 Å². The van der Waals surface area contributed by atoms with Crippen molar-refractivity contribution >= 4 is 40.6 Å². The van der Waals surface area contributed by atoms with E-state index in [0.29, 0.717) is 18.4 Å². The van der Waals surface area contributed by atoms with Gasteiger partial charge in [0, 0.05) is 30.1 Å². The number of aliphatic carboxylic acids is 1. The number of amides is 3. The molecule has 5 unspecified atom stereocenters. The molecule has 3 amide bonds. The number of carboxylic acids is 1. The minimum atomic E-state index is -1.28. The third-order valence-electron chi connectivity index (χ3n) is 6.62. The van der Waals surface area contributed by atoms with E-state index in [2.05, 4.69) is 25.9 Å². The van der Waals surface area contributed by atoms with Gasteiger partial charge in [0.15, 0.2) is 5.96 Å². The Kier molecular flexibility index (Phi) is 12.4. The van der Waals surface area contributed by atoms with E-state index in [1.165, 1.54) is 0 Å². The number of aliphatic hydroxyl groups excluding tert-OH is 1. The third-order valence-corrected chi connectivity index (χ3v) is 6.62. The summed E-state index contributed by atoms with van der Waals surface area (Å²) >= 11 is 0. The number of H-pyrrole nitrogens is 1. The summed E-state index contributed by atoms with van der Waals surface area (Å²) in [6, 6.07) is 2.68. The highest BCUT2D eigenvalue weighted by atomic mass is 16.4. The molecule has 0 radical (unpaired) electrons. The number of hydrogen-bond acceptors (Lipinski definition) is 7. The van der Waals surface area contributed by atoms with Gasteiger partial charge >= 0.3 is 5.97 Å². The molecule has 2 aromatic rings. The van der Waals surface area contributed by atoms with Gasteiger partial charge < -0.3 is 48.3 Å². The quantitative estimate of drug-likeness (QED) is 0.0669. The number of aliphatic imine (C=N–C) groups is 1. The standard InChI is InChI=1S/C26H40N8O6/c1-3-14(2)21(34-22(36)17(27)13-35)24(38)32-19(9-6-10-30-26(28)29)23(37)33-20(25(39)40)11-15-12-31-18-8-5-4-7-16(15)18/h4-5,7-8,12,14,17,19-21,31,35H,3,6,9-11,13,27H2,1-2H3,(H,32,38)(H,33,37)(H,34,36)(H,39,40)(H4,28,29,30). The van der Waals surface area contributed by atoms with E-state index < -0.39 is 54.5 Å². The van der Waals surface area contributed by atoms with Gasteiger partial charge in [-0.15, -0.1) is 0 Å². The van der Waals surface area contributed by atoms with Gasteiger partial charge in [0.1, 0.15) is 24.2 Å². The molecule has 0 saturated carbocycles. The summed E-state index contributed by atoms with van der Waals surface area (Å²) in [5.74, 6) is -3.80. The normalized spacial score (nSPS) is 14.8. The van der Waals surface area contributed by atoms with E-state index in [1.807, 2.05) is 31.2 Å². The number of benzene rings is 1. The number of carbonyl (C=O) groups excluding carboxylic acids is 3. The number of guanidine groups is 1. The number of carboxylic acid groups (broad SMARTS) is 1. The van der Waals surface area contributed by atoms with E-state index in [4.69, 9.17) is 17.2 Å². The van der Waals surface area contributed by atoms with Gasteiger partial charge in [0.2, 0.25) is 17.7 Å². The molecule has 0 saturated heterocycles. The van der Waals surface area contributed by atoms with Crippen LogP contribution in [0.2, 0.25) is 0 Å². The first-order chi connectivity index (χ1) is 19.0. The maximum Gasteiger partial charge on any atom is 0.326 e. The third kappa shape index (κ3) is 9.24. The smallest absolute Gasteiger partial charge is 0.326 e. The molecule has 1 heterocycles. The van der Waals surface area contributed by atoms with Crippen molar-refractivity contribution in [3.8, 4) is 0 Å². The molecule has 14 heteroatoms. The number of aliphatic hydroxyl groups is 1. The van der Waals surface area contributed by atoms with E-state index >= 15 is 0 Å². The second kappa shape index (κ2) is 15.4. The van der Waals surface area contributed by atoms with Gasteiger partial charge in [0.05, 0.1) is 6.61 Å². The number of fused-ring (bicyclic) bond motifs is 1. The highest BCUT2D eigenvalue weighted by Gasteiger charge is 2.32. The number of carbonyl (C=O) groups is 4. The van der Waals surface area contributed by atoms with Crippen LogP contribution >= 0.6 is 0 Å². The van der Waals surface area contributed by atoms with Crippen molar-refractivity contribution in [3.05, 3.63) is 36.0 Å². The van der Waals surface area contributed by atoms with Crippen LogP contribution < -0.4 is 33.2 Å². The topological polar surface area (TPSA) is 251 Å². The Morgan fingerprint density at radius 3 is 2.33 bits per heavy atom. The van der Waals surface area contributed by atoms with Crippen LogP contribution in [0.3, 0.4) is 0 Å². The van der Waals surface area contributed by atoms with Crippen LogP contribution in [0.15, 0.2) is 35.5 Å². The SMILES string of the molecule is CCC(C)C(NC(=O)C(N)CO)C(=O)NC(CCCN=C(N)N)C(=O)NC(Cc1c[nH]c2ccccc12)C(=O)O. The number of hydrogen-bond donors (Lipinski definition) is 9. The summed E-state index contributed by atoms with van der Waals surface area (Å²) in [5, 5.41) is 27.6. The highest BCUT2D eigenvalue weighted by molar-refractivity contribution is 5.94. The zero-order valence-electron chi connectivity index (χ0n) is 22.7. The molecule has 220 valence electrons. The van der Waals surface area contributed by atoms with E-state index in [1.54, 1.807) is 13.1 Å². The lowest BCUT2D eigenvalue weighted by Gasteiger charge is -2.27. The molecule has 5 atom stereocenters. The van der Waals surface area contributed by atoms with Crippen molar-refractivity contribution in [2.24, 2.45) is 28.1 Å². The number of para-hydroxylation sites is 1. The van der Waals surface area contributed by atoms with Crippen LogP contribution in [0, 0.1) is 5.92 Å². The molecule has 1 aromatic carbocycles. The monoisotopic (exact) mass is 560 g/mol. The maximum atomic E-state index is 13.3. The zero-order chi connectivity index (χ0) is 29.8. The Hall–Kier alpha value is -4.17. The fourth-order valence-corrected chi connectivity index (χ4v) is 4.07. The Bertz CT molecular complexity index is 1190. The summed E-state index contributed by atoms with van der Waals surface area (Å²) in [4.78, 5) is 58.0. The van der Waals surface area contributed by atoms with Gasteiger partial charge in [-0.25, -0.2) is 4.79 Å². The lowest BCUT2D eigenvalue weighted by molar-refractivity contribution is -0.142. The van der Waals surface area contributed by atoms with Crippen LogP contribution in [-0.2, 0) is 25.6 Å². The minimum absolute atomic E-state index is 0.00432. The molecule has 0 aliphatic carbocycles. The number of rotatable bonds is 16. The number of nitrogens with two attached hydrogens (primary N) is 3. The van der Waals surface area contributed by atoms with Crippen LogP contribution in [0.4, 0.5) is 0 Å². The Balaban J connectivity index is 2.23. The summed E-state index contributed by atoms with van der Waals surface area (Å²) in [6.45, 7) is 3.13. The zero-order valence-corrected chi connectivity index (χ0v) is 22.7. The van der Waals surface area contributed by atoms with Crippen LogP contribution in [0.1, 0.15) is 38.7 Å². The highest BCUT2D eigenvalue weighted by Crippen LogP contribution is 2.19. The molecule has 0 aliphatic rings. The van der Waals surface area contributed by atoms with E-state index in [9.17, 15) is 29.4 Å². The molecule has 12 N–H and O–H groups in total. The van der Waals surface area contributed by atoms with Crippen molar-refractivity contribution in [1.82, 2.24) is 20.9 Å². The number of aromatic amines is 1. The predicted octanol–water partition coefficient (Wildman–Crippen LogP) is -1.33. The maximum absolute atomic E-state index is 13.3. The molecule has 0 aliphatic heterocycles. The van der Waals surface area contributed by atoms with E-state index in [0.717, 1.165) is 10.9 Å². The summed E-state index contributed by atoms with van der Waals surface area (Å²) in [5.41, 5.74) is 17.9. The Morgan fingerprint density at radius 1 is 1.02 bits per heavy atom. The van der Waals surface area contributed by atoms with Crippen molar-refractivity contribution in [1.29, 1.82) is 0 Å². The molecular weight excluding hydrogens is 520 g/mol. The second-order valence-corrected chi connectivity index (χ2v) is 9.63. The van der Waals surface area contributed by atoms with Crippen molar-refractivity contribution in [2.75, 3.05) is 13.2 Å². The molecule has 1 aromatic heterocycles. The molecule has 14 nitrogen and oxygen atoms in total. The van der Waals surface area contributed by atoms with Gasteiger partial charge in [-0.1, -0.05) is 38.5 Å². The summed E-state index contributed by atoms with van der Waals surface area (Å²) < 4.78 is 0. The fourth-order valence-electron chi connectivity index (χ4n) is 4.07. The van der Waals surface area contributed by atoms with Crippen molar-refractivity contribution in [2.45, 2.75) is 63.7 Å². The summed E-state index contributed by atoms with van der Waals surface area (Å²) in [6.07, 6.45) is 2.60. The Labute approximate surface area is 232 Å². The van der Waals surface area contributed by atoms with Gasteiger partial charge in [-0.2, -0.15) is 0 Å². The average Bonchev–Trinajstić information content (AvgIpc) is 3.34. The average molecular weight is 561 g/mol. The summed E-state index contributed by atoms with van der Waals surface area (Å²) in [7, 11) is 0. The van der Waals surface area contributed by atoms with Crippen LogP contribution in [0.25, 0.3) is 10.9 Å². The predicted molar refractivity (Wildman–Crippen MR) is 150 cm³/mol. The van der Waals surface area contributed by atoms with Gasteiger partial charge in [-0.3, -0.25) is 19.4 Å². The van der Waals surface area contributed by atoms with Gasteiger partial charge in [0.25, 0.3) is 0 Å². The number of nitrogens with zero attached hydrogens (tertiary/aromatic N) is 1. The largest absolute Gasteiger partial charge is 0.480 e. The lowest BCUT2D eigenvalue weighted by atomic mass is 9.97. The van der Waals surface area contributed by atoms with Crippen molar-refractivity contribution < 1.29 is 29.4 Å². The second-order valence-electron chi connectivity index (χ2n) is 9.63. The fraction of sp³-hybridized carbons (Fsp3) is 0.500.